The van der Waals surface area contributed by atoms with Crippen LogP contribution in [0.4, 0.5) is 5.69 Å². The second-order valence-electron chi connectivity index (χ2n) is 10.8. The number of anilines is 1. The van der Waals surface area contributed by atoms with E-state index >= 15 is 0 Å². The van der Waals surface area contributed by atoms with Crippen LogP contribution >= 0.6 is 11.3 Å². The van der Waals surface area contributed by atoms with Crippen LogP contribution in [0.15, 0.2) is 39.9 Å². The van der Waals surface area contributed by atoms with Gasteiger partial charge >= 0.3 is 0 Å². The maximum atomic E-state index is 13.4. The summed E-state index contributed by atoms with van der Waals surface area (Å²) in [4.78, 5) is 27.9. The van der Waals surface area contributed by atoms with Gasteiger partial charge in [-0.1, -0.05) is 32.3 Å². The summed E-state index contributed by atoms with van der Waals surface area (Å²) in [6.45, 7) is 3.90. The van der Waals surface area contributed by atoms with Gasteiger partial charge in [0.15, 0.2) is 0 Å². The predicted octanol–water partition coefficient (Wildman–Crippen LogP) is 3.74. The first-order chi connectivity index (χ1) is 18.6. The molecule has 3 atom stereocenters. The lowest BCUT2D eigenvalue weighted by molar-refractivity contribution is -0.134. The molecule has 11 heteroatoms. The number of nitrogens with one attached hydrogen (secondary N) is 1. The zero-order valence-corrected chi connectivity index (χ0v) is 24.5. The summed E-state index contributed by atoms with van der Waals surface area (Å²) in [5.74, 6) is 0.0715. The average molecular weight is 578 g/mol. The highest BCUT2D eigenvalue weighted by Crippen LogP contribution is 2.31. The molecule has 1 aliphatic carbocycles. The van der Waals surface area contributed by atoms with Crippen molar-refractivity contribution < 1.29 is 27.9 Å². The van der Waals surface area contributed by atoms with E-state index in [1.54, 1.807) is 47.5 Å². The lowest BCUT2D eigenvalue weighted by Gasteiger charge is -2.33. The molecule has 0 unspecified atom stereocenters. The Hall–Kier alpha value is -2.47. The Kier molecular flexibility index (Phi) is 9.69. The molecule has 2 N–H and O–H groups in total. The molecule has 1 saturated carbocycles. The number of nitrogens with zero attached hydrogens (tertiary/aromatic N) is 2. The van der Waals surface area contributed by atoms with Crippen molar-refractivity contribution >= 4 is 38.9 Å². The van der Waals surface area contributed by atoms with Gasteiger partial charge in [0, 0.05) is 36.7 Å². The minimum atomic E-state index is -3.70. The molecule has 2 heterocycles. The molecule has 0 saturated heterocycles. The van der Waals surface area contributed by atoms with Crippen LogP contribution in [0, 0.1) is 11.8 Å². The number of amides is 2. The fourth-order valence-corrected chi connectivity index (χ4v) is 7.63. The number of thiophene rings is 1. The Morgan fingerprint density at radius 2 is 2.00 bits per heavy atom. The van der Waals surface area contributed by atoms with E-state index in [4.69, 9.17) is 4.74 Å². The van der Waals surface area contributed by atoms with Crippen LogP contribution in [0.1, 0.15) is 51.5 Å². The number of rotatable bonds is 8. The number of hydrogen-bond acceptors (Lipinski definition) is 7. The first-order valence-corrected chi connectivity index (χ1v) is 15.9. The van der Waals surface area contributed by atoms with Gasteiger partial charge in [-0.2, -0.15) is 4.31 Å². The van der Waals surface area contributed by atoms with E-state index in [1.807, 2.05) is 6.92 Å². The van der Waals surface area contributed by atoms with Crippen molar-refractivity contribution in [2.75, 3.05) is 32.1 Å². The number of carbonyl (C=O) groups is 2. The number of ether oxygens (including phenoxy) is 1. The number of benzene rings is 1. The van der Waals surface area contributed by atoms with Crippen LogP contribution in [0.5, 0.6) is 5.75 Å². The van der Waals surface area contributed by atoms with Crippen molar-refractivity contribution in [3.8, 4) is 5.75 Å². The average Bonchev–Trinajstić information content (AvgIpc) is 3.49. The second-order valence-corrected chi connectivity index (χ2v) is 14.0. The normalized spacial score (nSPS) is 21.9. The molecule has 1 aliphatic heterocycles. The number of aliphatic hydroxyl groups excluding tert-OH is 1. The fraction of sp³-hybridized carbons (Fsp3) is 0.571. The van der Waals surface area contributed by atoms with Crippen molar-refractivity contribution in [1.82, 2.24) is 9.21 Å². The predicted molar refractivity (Wildman–Crippen MR) is 151 cm³/mol. The Morgan fingerprint density at radius 3 is 2.67 bits per heavy atom. The molecule has 0 bridgehead atoms. The molecule has 4 rings (SSSR count). The molecular formula is C28H39N3O6S2. The summed E-state index contributed by atoms with van der Waals surface area (Å²) < 4.78 is 34.3. The first kappa shape index (κ1) is 29.5. The molecule has 39 heavy (non-hydrogen) atoms. The van der Waals surface area contributed by atoms with Gasteiger partial charge in [-0.15, -0.1) is 11.3 Å². The Labute approximate surface area is 235 Å². The molecule has 1 aromatic heterocycles. The largest absolute Gasteiger partial charge is 0.488 e. The quantitative estimate of drug-likeness (QED) is 0.494. The number of sulfonamides is 1. The second kappa shape index (κ2) is 12.8. The highest BCUT2D eigenvalue weighted by atomic mass is 32.2. The van der Waals surface area contributed by atoms with E-state index < -0.39 is 22.2 Å². The van der Waals surface area contributed by atoms with Crippen LogP contribution < -0.4 is 10.1 Å². The first-order valence-electron chi connectivity index (χ1n) is 13.6. The summed E-state index contributed by atoms with van der Waals surface area (Å²) in [6.07, 6.45) is 4.51. The molecule has 1 fully saturated rings. The Bertz CT molecular complexity index is 1240. The zero-order valence-electron chi connectivity index (χ0n) is 22.8. The molecule has 1 aromatic carbocycles. The van der Waals surface area contributed by atoms with Crippen molar-refractivity contribution in [2.45, 2.75) is 68.7 Å². The standard InChI is InChI=1S/C28H39N3O6S2/c1-19-16-31(20(2)18-32)26(33)15-22-14-23(29-28(34)21-8-5-4-6-9-21)11-12-24(22)37-25(19)17-30(3)39(35,36)27-10-7-13-38-27/h7,10-14,19-21,25,32H,4-6,8-9,15-18H2,1-3H3,(H,29,34)/t19-,20-,25-/m1/s1. The Balaban J connectivity index is 1.62. The monoisotopic (exact) mass is 577 g/mol. The summed E-state index contributed by atoms with van der Waals surface area (Å²) >= 11 is 1.16. The highest BCUT2D eigenvalue weighted by Gasteiger charge is 2.34. The summed E-state index contributed by atoms with van der Waals surface area (Å²) in [7, 11) is -2.17. The van der Waals surface area contributed by atoms with Gasteiger partial charge < -0.3 is 20.1 Å². The third-order valence-corrected chi connectivity index (χ3v) is 11.0. The lowest BCUT2D eigenvalue weighted by atomic mass is 9.88. The van der Waals surface area contributed by atoms with E-state index in [0.717, 1.165) is 43.4 Å². The van der Waals surface area contributed by atoms with Gasteiger partial charge in [-0.25, -0.2) is 8.42 Å². The van der Waals surface area contributed by atoms with E-state index in [2.05, 4.69) is 5.32 Å². The maximum Gasteiger partial charge on any atom is 0.252 e. The van der Waals surface area contributed by atoms with E-state index in [-0.39, 0.29) is 47.4 Å². The van der Waals surface area contributed by atoms with E-state index in [0.29, 0.717) is 23.5 Å². The van der Waals surface area contributed by atoms with Gasteiger partial charge in [-0.05, 0) is 49.4 Å². The summed E-state index contributed by atoms with van der Waals surface area (Å²) in [5, 5.41) is 14.6. The number of hydrogen-bond donors (Lipinski definition) is 2. The van der Waals surface area contributed by atoms with Gasteiger partial charge in [0.05, 0.1) is 25.6 Å². The van der Waals surface area contributed by atoms with Crippen molar-refractivity contribution in [1.29, 1.82) is 0 Å². The molecule has 0 spiro atoms. The molecule has 2 aromatic rings. The van der Waals surface area contributed by atoms with Gasteiger partial charge in [0.25, 0.3) is 10.0 Å². The third kappa shape index (κ3) is 7.00. The minimum Gasteiger partial charge on any atom is -0.488 e. The van der Waals surface area contributed by atoms with Gasteiger partial charge in [0.1, 0.15) is 16.1 Å². The summed E-state index contributed by atoms with van der Waals surface area (Å²) in [6, 6.07) is 8.15. The summed E-state index contributed by atoms with van der Waals surface area (Å²) in [5.41, 5.74) is 1.21. The number of carbonyl (C=O) groups excluding carboxylic acids is 2. The topological polar surface area (TPSA) is 116 Å². The number of aliphatic hydroxyl groups is 1. The van der Waals surface area contributed by atoms with E-state index in [9.17, 15) is 23.1 Å². The zero-order chi connectivity index (χ0) is 28.2. The molecular weight excluding hydrogens is 538 g/mol. The van der Waals surface area contributed by atoms with Crippen LogP contribution in [-0.4, -0.2) is 73.4 Å². The van der Waals surface area contributed by atoms with Crippen molar-refractivity contribution in [2.24, 2.45) is 11.8 Å². The smallest absolute Gasteiger partial charge is 0.252 e. The minimum absolute atomic E-state index is 0.00574. The SMILES string of the molecule is C[C@@H]1CN([C@H](C)CO)C(=O)Cc2cc(NC(=O)C3CCCCC3)ccc2O[C@@H]1CN(C)S(=O)(=O)c1cccs1. The fourth-order valence-electron chi connectivity index (χ4n) is 5.25. The van der Waals surface area contributed by atoms with Crippen molar-refractivity contribution in [3.63, 3.8) is 0 Å². The van der Waals surface area contributed by atoms with Gasteiger partial charge in [-0.3, -0.25) is 9.59 Å². The number of fused-ring (bicyclic) bond motifs is 1. The van der Waals surface area contributed by atoms with Crippen LogP contribution in [0.2, 0.25) is 0 Å². The Morgan fingerprint density at radius 1 is 1.26 bits per heavy atom. The van der Waals surface area contributed by atoms with E-state index in [1.165, 1.54) is 11.4 Å². The molecule has 9 nitrogen and oxygen atoms in total. The molecule has 214 valence electrons. The van der Waals surface area contributed by atoms with Crippen LogP contribution in [0.25, 0.3) is 0 Å². The highest BCUT2D eigenvalue weighted by molar-refractivity contribution is 7.91. The van der Waals surface area contributed by atoms with Crippen LogP contribution in [-0.2, 0) is 26.0 Å². The van der Waals surface area contributed by atoms with Crippen LogP contribution in [0.3, 0.4) is 0 Å². The maximum absolute atomic E-state index is 13.4. The molecule has 0 radical (unpaired) electrons. The molecule has 2 aliphatic rings. The number of likely N-dealkylation sites (N-methyl/N-ethyl adjacent to an activating group) is 1. The van der Waals surface area contributed by atoms with Crippen molar-refractivity contribution in [3.05, 3.63) is 41.3 Å². The van der Waals surface area contributed by atoms with Gasteiger partial charge in [0.2, 0.25) is 11.8 Å². The molecule has 2 amide bonds. The lowest BCUT2D eigenvalue weighted by Crippen LogP contribution is -2.48. The third-order valence-electron chi connectivity index (χ3n) is 7.76.